The van der Waals surface area contributed by atoms with Crippen LogP contribution in [0.15, 0.2) is 53.7 Å². The first kappa shape index (κ1) is 17.5. The molecule has 0 saturated carbocycles. The minimum atomic E-state index is -0.160. The van der Waals surface area contributed by atoms with Gasteiger partial charge in [0.05, 0.1) is 0 Å². The first-order valence-corrected chi connectivity index (χ1v) is 9.33. The standard InChI is InChI=1S/C20H23N3OS/c1-14-8-7-10-17(12-14)13-25-20-22-21-19(23(20)4)16(3)24-18-11-6-5-9-15(18)2/h5-12,16H,13H2,1-4H3. The maximum atomic E-state index is 6.07. The zero-order chi connectivity index (χ0) is 17.8. The summed E-state index contributed by atoms with van der Waals surface area (Å²) in [6.45, 7) is 6.16. The van der Waals surface area contributed by atoms with Gasteiger partial charge < -0.3 is 9.30 Å². The predicted octanol–water partition coefficient (Wildman–Crippen LogP) is 4.86. The van der Waals surface area contributed by atoms with Crippen LogP contribution in [-0.2, 0) is 12.8 Å². The second-order valence-electron chi connectivity index (χ2n) is 6.20. The Morgan fingerprint density at radius 2 is 1.88 bits per heavy atom. The average Bonchev–Trinajstić information content (AvgIpc) is 2.96. The molecule has 5 heteroatoms. The van der Waals surface area contributed by atoms with Crippen molar-refractivity contribution < 1.29 is 4.74 Å². The van der Waals surface area contributed by atoms with Gasteiger partial charge in [0.2, 0.25) is 0 Å². The zero-order valence-electron chi connectivity index (χ0n) is 15.1. The van der Waals surface area contributed by atoms with E-state index in [0.717, 1.165) is 28.0 Å². The van der Waals surface area contributed by atoms with Crippen LogP contribution >= 0.6 is 11.8 Å². The largest absolute Gasteiger partial charge is 0.482 e. The van der Waals surface area contributed by atoms with Gasteiger partial charge in [-0.25, -0.2) is 0 Å². The van der Waals surface area contributed by atoms with Gasteiger partial charge in [-0.1, -0.05) is 59.8 Å². The van der Waals surface area contributed by atoms with Gasteiger partial charge in [-0.05, 0) is 38.0 Å². The number of ether oxygens (including phenoxy) is 1. The fourth-order valence-corrected chi connectivity index (χ4v) is 3.55. The molecule has 2 aromatic carbocycles. The van der Waals surface area contributed by atoms with Crippen molar-refractivity contribution in [2.75, 3.05) is 0 Å². The molecule has 4 nitrogen and oxygen atoms in total. The Hall–Kier alpha value is -2.27. The van der Waals surface area contributed by atoms with E-state index in [2.05, 4.69) is 41.4 Å². The van der Waals surface area contributed by atoms with Gasteiger partial charge in [0, 0.05) is 12.8 Å². The molecule has 130 valence electrons. The van der Waals surface area contributed by atoms with E-state index >= 15 is 0 Å². The van der Waals surface area contributed by atoms with E-state index in [0.29, 0.717) is 0 Å². The Labute approximate surface area is 153 Å². The van der Waals surface area contributed by atoms with E-state index in [-0.39, 0.29) is 6.10 Å². The van der Waals surface area contributed by atoms with Gasteiger partial charge in [-0.3, -0.25) is 0 Å². The molecule has 0 radical (unpaired) electrons. The van der Waals surface area contributed by atoms with E-state index < -0.39 is 0 Å². The molecule has 1 unspecified atom stereocenters. The highest BCUT2D eigenvalue weighted by atomic mass is 32.2. The Morgan fingerprint density at radius 1 is 1.08 bits per heavy atom. The minimum absolute atomic E-state index is 0.160. The summed E-state index contributed by atoms with van der Waals surface area (Å²) < 4.78 is 8.09. The average molecular weight is 353 g/mol. The third kappa shape index (κ3) is 4.23. The van der Waals surface area contributed by atoms with Crippen LogP contribution in [0.2, 0.25) is 0 Å². The van der Waals surface area contributed by atoms with E-state index in [9.17, 15) is 0 Å². The molecule has 0 aliphatic carbocycles. The van der Waals surface area contributed by atoms with E-state index in [1.165, 1.54) is 11.1 Å². The Morgan fingerprint density at radius 3 is 2.64 bits per heavy atom. The second kappa shape index (κ2) is 7.74. The van der Waals surface area contributed by atoms with Gasteiger partial charge in [0.1, 0.15) is 5.75 Å². The quantitative estimate of drug-likeness (QED) is 0.593. The number of hydrogen-bond acceptors (Lipinski definition) is 4. The first-order valence-electron chi connectivity index (χ1n) is 8.34. The lowest BCUT2D eigenvalue weighted by Crippen LogP contribution is -2.10. The Kier molecular flexibility index (Phi) is 5.43. The van der Waals surface area contributed by atoms with Crippen molar-refractivity contribution in [2.24, 2.45) is 7.05 Å². The van der Waals surface area contributed by atoms with Crippen LogP contribution < -0.4 is 4.74 Å². The predicted molar refractivity (Wildman–Crippen MR) is 102 cm³/mol. The number of thioether (sulfide) groups is 1. The topological polar surface area (TPSA) is 39.9 Å². The lowest BCUT2D eigenvalue weighted by Gasteiger charge is -2.15. The summed E-state index contributed by atoms with van der Waals surface area (Å²) in [6, 6.07) is 16.6. The molecule has 0 spiro atoms. The number of nitrogens with zero attached hydrogens (tertiary/aromatic N) is 3. The Bertz CT molecular complexity index is 860. The molecule has 1 aromatic heterocycles. The molecule has 1 heterocycles. The molecule has 0 fully saturated rings. The summed E-state index contributed by atoms with van der Waals surface area (Å²) in [5.41, 5.74) is 3.68. The molecule has 3 rings (SSSR count). The molecule has 0 bridgehead atoms. The highest BCUT2D eigenvalue weighted by Gasteiger charge is 2.17. The molecule has 0 aliphatic rings. The smallest absolute Gasteiger partial charge is 0.191 e. The zero-order valence-corrected chi connectivity index (χ0v) is 15.9. The number of aryl methyl sites for hydroxylation is 2. The van der Waals surface area contributed by atoms with Crippen LogP contribution in [0.1, 0.15) is 35.5 Å². The fourth-order valence-electron chi connectivity index (χ4n) is 2.69. The minimum Gasteiger partial charge on any atom is -0.482 e. The molecule has 0 N–H and O–H groups in total. The monoisotopic (exact) mass is 353 g/mol. The third-order valence-electron chi connectivity index (χ3n) is 4.08. The third-order valence-corrected chi connectivity index (χ3v) is 5.17. The maximum absolute atomic E-state index is 6.07. The van der Waals surface area contributed by atoms with E-state index in [4.69, 9.17) is 4.74 Å². The van der Waals surface area contributed by atoms with Crippen LogP contribution in [-0.4, -0.2) is 14.8 Å². The SMILES string of the molecule is Cc1cccc(CSc2nnc(C(C)Oc3ccccc3C)n2C)c1. The van der Waals surface area contributed by atoms with E-state index in [1.54, 1.807) is 11.8 Å². The summed E-state index contributed by atoms with van der Waals surface area (Å²) in [5, 5.41) is 9.57. The number of aromatic nitrogens is 3. The number of rotatable bonds is 6. The summed E-state index contributed by atoms with van der Waals surface area (Å²) in [7, 11) is 1.99. The van der Waals surface area contributed by atoms with Crippen LogP contribution in [0.4, 0.5) is 0 Å². The van der Waals surface area contributed by atoms with E-state index in [1.807, 2.05) is 49.7 Å². The summed E-state index contributed by atoms with van der Waals surface area (Å²) >= 11 is 1.69. The highest BCUT2D eigenvalue weighted by molar-refractivity contribution is 7.98. The second-order valence-corrected chi connectivity index (χ2v) is 7.15. The first-order chi connectivity index (χ1) is 12.0. The van der Waals surface area contributed by atoms with Gasteiger partial charge in [-0.15, -0.1) is 10.2 Å². The summed E-state index contributed by atoms with van der Waals surface area (Å²) in [5.74, 6) is 2.59. The lowest BCUT2D eigenvalue weighted by molar-refractivity contribution is 0.210. The lowest BCUT2D eigenvalue weighted by atomic mass is 10.2. The van der Waals surface area contributed by atoms with Gasteiger partial charge in [-0.2, -0.15) is 0 Å². The van der Waals surface area contributed by atoms with Crippen LogP contribution in [0.3, 0.4) is 0 Å². The molecular weight excluding hydrogens is 330 g/mol. The van der Waals surface area contributed by atoms with Gasteiger partial charge >= 0.3 is 0 Å². The number of benzene rings is 2. The van der Waals surface area contributed by atoms with Gasteiger partial charge in [0.25, 0.3) is 0 Å². The van der Waals surface area contributed by atoms with Crippen molar-refractivity contribution in [1.82, 2.24) is 14.8 Å². The van der Waals surface area contributed by atoms with Crippen molar-refractivity contribution in [2.45, 2.75) is 37.8 Å². The number of para-hydroxylation sites is 1. The van der Waals surface area contributed by atoms with Crippen LogP contribution in [0, 0.1) is 13.8 Å². The molecule has 25 heavy (non-hydrogen) atoms. The summed E-state index contributed by atoms with van der Waals surface area (Å²) in [6.07, 6.45) is -0.160. The number of hydrogen-bond donors (Lipinski definition) is 0. The van der Waals surface area contributed by atoms with Crippen molar-refractivity contribution in [3.8, 4) is 5.75 Å². The Balaban J connectivity index is 1.69. The normalized spacial score (nSPS) is 12.2. The molecule has 0 amide bonds. The maximum Gasteiger partial charge on any atom is 0.191 e. The van der Waals surface area contributed by atoms with Gasteiger partial charge in [0.15, 0.2) is 17.1 Å². The van der Waals surface area contributed by atoms with Crippen LogP contribution in [0.25, 0.3) is 0 Å². The molecule has 0 saturated heterocycles. The van der Waals surface area contributed by atoms with Crippen molar-refractivity contribution in [3.05, 3.63) is 71.0 Å². The van der Waals surface area contributed by atoms with Crippen molar-refractivity contribution in [1.29, 1.82) is 0 Å². The molecule has 1 atom stereocenters. The van der Waals surface area contributed by atoms with Crippen molar-refractivity contribution >= 4 is 11.8 Å². The fraction of sp³-hybridized carbons (Fsp3) is 0.300. The highest BCUT2D eigenvalue weighted by Crippen LogP contribution is 2.27. The summed E-state index contributed by atoms with van der Waals surface area (Å²) in [4.78, 5) is 0. The molecule has 3 aromatic rings. The van der Waals surface area contributed by atoms with Crippen molar-refractivity contribution in [3.63, 3.8) is 0 Å². The molecule has 0 aliphatic heterocycles. The molecular formula is C20H23N3OS. The van der Waals surface area contributed by atoms with Crippen LogP contribution in [0.5, 0.6) is 5.75 Å².